The number of anilines is 3. The molecule has 0 fully saturated rings. The Morgan fingerprint density at radius 3 is 1.66 bits per heavy atom. The lowest BCUT2D eigenvalue weighted by Crippen LogP contribution is -2.10. The molecule has 3 aromatic heterocycles. The lowest BCUT2D eigenvalue weighted by atomic mass is 10.0. The molecule has 8 aromatic carbocycles. The van der Waals surface area contributed by atoms with E-state index in [4.69, 9.17) is 8.83 Å². The van der Waals surface area contributed by atoms with Gasteiger partial charge in [-0.2, -0.15) is 0 Å². The molecule has 11 aromatic rings. The van der Waals surface area contributed by atoms with E-state index in [1.807, 2.05) is 36.0 Å². The average Bonchev–Trinajstić information content (AvgIpc) is 3.88. The SMILES string of the molecule is c1cc2c(c(-c3ccc(N(c4ccc5c(c4)oc4ccccc45)c4ccc5c(c4)oc4ccccc45)cc3)c1)-n1c3ccccc3c3cccc(c31)S2. The fourth-order valence-electron chi connectivity index (χ4n) is 8.43. The highest BCUT2D eigenvalue weighted by Gasteiger charge is 2.25. The molecule has 248 valence electrons. The summed E-state index contributed by atoms with van der Waals surface area (Å²) in [6.07, 6.45) is 0. The van der Waals surface area contributed by atoms with Crippen LogP contribution in [0, 0.1) is 0 Å². The van der Waals surface area contributed by atoms with E-state index in [1.54, 1.807) is 0 Å². The van der Waals surface area contributed by atoms with Crippen LogP contribution in [0.5, 0.6) is 0 Å². The minimum absolute atomic E-state index is 0.856. The lowest BCUT2D eigenvalue weighted by Gasteiger charge is -2.26. The Bertz CT molecular complexity index is 3160. The monoisotopic (exact) mass is 696 g/mol. The smallest absolute Gasteiger partial charge is 0.137 e. The Labute approximate surface area is 308 Å². The van der Waals surface area contributed by atoms with Gasteiger partial charge in [0.2, 0.25) is 0 Å². The maximum absolute atomic E-state index is 6.38. The minimum atomic E-state index is 0.856. The Morgan fingerprint density at radius 1 is 0.415 bits per heavy atom. The second kappa shape index (κ2) is 10.9. The van der Waals surface area contributed by atoms with E-state index in [-0.39, 0.29) is 0 Å². The second-order valence-electron chi connectivity index (χ2n) is 13.7. The number of para-hydroxylation sites is 5. The Kier molecular flexibility index (Phi) is 5.96. The third-order valence-corrected chi connectivity index (χ3v) is 11.9. The van der Waals surface area contributed by atoms with E-state index in [0.717, 1.165) is 66.5 Å². The van der Waals surface area contributed by atoms with E-state index in [1.165, 1.54) is 42.8 Å². The van der Waals surface area contributed by atoms with Crippen molar-refractivity contribution in [3.63, 3.8) is 0 Å². The van der Waals surface area contributed by atoms with Crippen molar-refractivity contribution in [1.29, 1.82) is 0 Å². The maximum atomic E-state index is 6.38. The van der Waals surface area contributed by atoms with E-state index < -0.39 is 0 Å². The summed E-state index contributed by atoms with van der Waals surface area (Å²) < 4.78 is 15.2. The molecule has 0 unspecified atom stereocenters. The van der Waals surface area contributed by atoms with E-state index in [0.29, 0.717) is 0 Å². The maximum Gasteiger partial charge on any atom is 0.137 e. The Balaban J connectivity index is 1.03. The van der Waals surface area contributed by atoms with Gasteiger partial charge >= 0.3 is 0 Å². The summed E-state index contributed by atoms with van der Waals surface area (Å²) in [5.41, 5.74) is 12.7. The fourth-order valence-corrected chi connectivity index (χ4v) is 9.56. The van der Waals surface area contributed by atoms with Gasteiger partial charge in [-0.25, -0.2) is 0 Å². The molecule has 0 saturated heterocycles. The molecular weight excluding hydrogens is 669 g/mol. The second-order valence-corrected chi connectivity index (χ2v) is 14.8. The van der Waals surface area contributed by atoms with Crippen molar-refractivity contribution in [2.24, 2.45) is 0 Å². The van der Waals surface area contributed by atoms with E-state index in [2.05, 4.69) is 155 Å². The molecule has 1 aliphatic rings. The third-order valence-electron chi connectivity index (χ3n) is 10.8. The van der Waals surface area contributed by atoms with Gasteiger partial charge in [0.25, 0.3) is 0 Å². The molecule has 0 amide bonds. The standard InChI is InChI=1S/C48H28N2O2S/c1-4-14-40-34(9-1)39-13-8-18-46-48(39)50(40)47-33(12-7-17-45(47)53-46)29-19-21-30(22-20-29)49(31-23-25-37-35-10-2-5-15-41(35)51-43(37)27-31)32-24-26-38-36-11-3-6-16-42(36)52-44(38)28-32/h1-28H. The molecule has 0 N–H and O–H groups in total. The van der Waals surface area contributed by atoms with Crippen LogP contribution in [0.3, 0.4) is 0 Å². The lowest BCUT2D eigenvalue weighted by molar-refractivity contribution is 0.669. The number of nitrogens with zero attached hydrogens (tertiary/aromatic N) is 2. The summed E-state index contributed by atoms with van der Waals surface area (Å²) in [6.45, 7) is 0. The van der Waals surface area contributed by atoms with Crippen molar-refractivity contribution < 1.29 is 8.83 Å². The van der Waals surface area contributed by atoms with Crippen LogP contribution in [0.1, 0.15) is 0 Å². The summed E-state index contributed by atoms with van der Waals surface area (Å²) >= 11 is 1.86. The van der Waals surface area contributed by atoms with Crippen molar-refractivity contribution in [1.82, 2.24) is 4.57 Å². The number of benzene rings is 8. The van der Waals surface area contributed by atoms with Crippen LogP contribution in [-0.2, 0) is 0 Å². The molecule has 0 saturated carbocycles. The first-order valence-electron chi connectivity index (χ1n) is 17.8. The molecule has 0 spiro atoms. The number of fused-ring (bicyclic) bond motifs is 11. The quantitative estimate of drug-likeness (QED) is 0.183. The predicted octanol–water partition coefficient (Wildman–Crippen LogP) is 14.2. The van der Waals surface area contributed by atoms with Crippen molar-refractivity contribution in [2.45, 2.75) is 9.79 Å². The Hall–Kier alpha value is -6.69. The van der Waals surface area contributed by atoms with E-state index >= 15 is 0 Å². The number of rotatable bonds is 4. The molecule has 0 aliphatic carbocycles. The minimum Gasteiger partial charge on any atom is -0.456 e. The van der Waals surface area contributed by atoms with Crippen LogP contribution in [-0.4, -0.2) is 4.57 Å². The molecule has 12 rings (SSSR count). The summed E-state index contributed by atoms with van der Waals surface area (Å²) in [4.78, 5) is 4.84. The molecule has 1 aliphatic heterocycles. The zero-order valence-electron chi connectivity index (χ0n) is 28.3. The van der Waals surface area contributed by atoms with Gasteiger partial charge in [0, 0.05) is 76.9 Å². The largest absolute Gasteiger partial charge is 0.456 e. The fraction of sp³-hybridized carbons (Fsp3) is 0. The van der Waals surface area contributed by atoms with Gasteiger partial charge in [0.15, 0.2) is 0 Å². The van der Waals surface area contributed by atoms with Crippen LogP contribution < -0.4 is 4.90 Å². The molecule has 0 atom stereocenters. The van der Waals surface area contributed by atoms with Crippen LogP contribution in [0.4, 0.5) is 17.1 Å². The molecule has 5 heteroatoms. The molecule has 4 nitrogen and oxygen atoms in total. The first-order valence-corrected chi connectivity index (χ1v) is 18.7. The van der Waals surface area contributed by atoms with Gasteiger partial charge < -0.3 is 18.3 Å². The predicted molar refractivity (Wildman–Crippen MR) is 220 cm³/mol. The highest BCUT2D eigenvalue weighted by molar-refractivity contribution is 7.99. The van der Waals surface area contributed by atoms with Gasteiger partial charge in [0.05, 0.1) is 16.7 Å². The summed E-state index contributed by atoms with van der Waals surface area (Å²) in [6, 6.07) is 60.6. The molecule has 0 bridgehead atoms. The first kappa shape index (κ1) is 28.9. The van der Waals surface area contributed by atoms with Gasteiger partial charge in [-0.15, -0.1) is 0 Å². The van der Waals surface area contributed by atoms with Crippen molar-refractivity contribution in [2.75, 3.05) is 4.90 Å². The molecule has 4 heterocycles. The van der Waals surface area contributed by atoms with E-state index in [9.17, 15) is 0 Å². The average molecular weight is 697 g/mol. The Morgan fingerprint density at radius 2 is 0.962 bits per heavy atom. The molecular formula is C48H28N2O2S. The van der Waals surface area contributed by atoms with Crippen LogP contribution in [0.2, 0.25) is 0 Å². The van der Waals surface area contributed by atoms with Crippen molar-refractivity contribution in [3.8, 4) is 16.8 Å². The summed E-state index contributed by atoms with van der Waals surface area (Å²) in [5.74, 6) is 0. The highest BCUT2D eigenvalue weighted by atomic mass is 32.2. The van der Waals surface area contributed by atoms with Gasteiger partial charge in [-0.1, -0.05) is 103 Å². The number of aromatic nitrogens is 1. The number of hydrogen-bond acceptors (Lipinski definition) is 4. The van der Waals surface area contributed by atoms with Crippen LogP contribution in [0.25, 0.3) is 82.5 Å². The summed E-state index contributed by atoms with van der Waals surface area (Å²) in [5, 5.41) is 7.02. The number of furan rings is 2. The summed E-state index contributed by atoms with van der Waals surface area (Å²) in [7, 11) is 0. The topological polar surface area (TPSA) is 34.5 Å². The van der Waals surface area contributed by atoms with Gasteiger partial charge in [-0.05, 0) is 72.3 Å². The highest BCUT2D eigenvalue weighted by Crippen LogP contribution is 2.50. The van der Waals surface area contributed by atoms with Crippen molar-refractivity contribution in [3.05, 3.63) is 170 Å². The van der Waals surface area contributed by atoms with Crippen LogP contribution >= 0.6 is 11.8 Å². The normalized spacial score (nSPS) is 12.5. The molecule has 0 radical (unpaired) electrons. The van der Waals surface area contributed by atoms with Gasteiger partial charge in [-0.3, -0.25) is 0 Å². The zero-order chi connectivity index (χ0) is 34.6. The zero-order valence-corrected chi connectivity index (χ0v) is 29.1. The number of hydrogen-bond donors (Lipinski definition) is 0. The van der Waals surface area contributed by atoms with Gasteiger partial charge in [0.1, 0.15) is 22.3 Å². The third kappa shape index (κ3) is 4.20. The first-order chi connectivity index (χ1) is 26.3. The van der Waals surface area contributed by atoms with Crippen LogP contribution in [0.15, 0.2) is 188 Å². The van der Waals surface area contributed by atoms with Crippen molar-refractivity contribution >= 4 is 94.5 Å². The molecule has 53 heavy (non-hydrogen) atoms.